The molecule has 2 unspecified atom stereocenters. The van der Waals surface area contributed by atoms with E-state index in [1.807, 2.05) is 6.08 Å². The van der Waals surface area contributed by atoms with Crippen LogP contribution in [0.25, 0.3) is 0 Å². The molecule has 2 atom stereocenters. The van der Waals surface area contributed by atoms with E-state index in [-0.39, 0.29) is 25.4 Å². The number of phosphoric acid groups is 1. The number of carbonyl (C=O) groups excluding carboxylic acids is 2. The van der Waals surface area contributed by atoms with Gasteiger partial charge in [-0.05, 0) is 51.4 Å². The first-order valence-electron chi connectivity index (χ1n) is 23.5. The van der Waals surface area contributed by atoms with Gasteiger partial charge in [-0.15, -0.1) is 0 Å². The lowest BCUT2D eigenvalue weighted by molar-refractivity contribution is -0.161. The van der Waals surface area contributed by atoms with Crippen molar-refractivity contribution >= 4 is 19.8 Å². The van der Waals surface area contributed by atoms with E-state index in [4.69, 9.17) is 14.0 Å². The van der Waals surface area contributed by atoms with Crippen LogP contribution in [0.2, 0.25) is 0 Å². The zero-order valence-electron chi connectivity index (χ0n) is 37.4. The van der Waals surface area contributed by atoms with Crippen molar-refractivity contribution < 1.29 is 37.6 Å². The van der Waals surface area contributed by atoms with E-state index < -0.39 is 26.5 Å². The number of ether oxygens (including phenoxy) is 2. The SMILES string of the molecule is CC/C=C\C/C=C\C/C=C\C/C=C\C/C=C\CCCC(=O)OC(COC(=O)CCCCCCCCCCCCCCCCCCCCCCCC)COP(=O)(O)OC. The molecule has 9 heteroatoms. The third-order valence-electron chi connectivity index (χ3n) is 10.0. The highest BCUT2D eigenvalue weighted by Gasteiger charge is 2.24. The summed E-state index contributed by atoms with van der Waals surface area (Å²) in [6.07, 6.45) is 55.8. The fourth-order valence-corrected chi connectivity index (χ4v) is 6.92. The molecule has 0 heterocycles. The Balaban J connectivity index is 3.98. The highest BCUT2D eigenvalue weighted by atomic mass is 31.2. The van der Waals surface area contributed by atoms with Gasteiger partial charge in [0.2, 0.25) is 0 Å². The van der Waals surface area contributed by atoms with E-state index in [1.54, 1.807) is 0 Å². The molecule has 0 fully saturated rings. The number of allylic oxidation sites excluding steroid dienone is 10. The average molecular weight is 835 g/mol. The second-order valence-electron chi connectivity index (χ2n) is 15.5. The number of hydrogen-bond acceptors (Lipinski definition) is 7. The van der Waals surface area contributed by atoms with Crippen molar-refractivity contribution in [2.45, 2.75) is 219 Å². The molecule has 0 aromatic rings. The molecule has 58 heavy (non-hydrogen) atoms. The first-order chi connectivity index (χ1) is 28.3. The van der Waals surface area contributed by atoms with Crippen LogP contribution in [0.3, 0.4) is 0 Å². The van der Waals surface area contributed by atoms with Crippen LogP contribution in [-0.4, -0.2) is 43.3 Å². The standard InChI is InChI=1S/C49H87O8P/c1-4-6-8-10-12-14-16-18-20-22-23-24-25-26-28-29-31-33-35-37-39-41-43-48(50)55-45-47(46-56-58(52,53)54-3)57-49(51)44-42-40-38-36-34-32-30-27-21-19-17-15-13-11-9-7-5-2/h7,9,13,15,19,21,30,32,36,38,47H,4-6,8,10-12,14,16-18,20,22-29,31,33-35,37,39-46H2,1-3H3,(H,52,53)/b9-7-,15-13-,21-19-,32-30-,38-36-. The molecule has 0 aliphatic carbocycles. The second-order valence-corrected chi connectivity index (χ2v) is 17.1. The number of hydrogen-bond donors (Lipinski definition) is 1. The summed E-state index contributed by atoms with van der Waals surface area (Å²) in [4.78, 5) is 34.5. The Morgan fingerprint density at radius 1 is 0.500 bits per heavy atom. The molecule has 0 saturated carbocycles. The number of rotatable bonds is 43. The van der Waals surface area contributed by atoms with Crippen LogP contribution in [0, 0.1) is 0 Å². The molecular formula is C49H87O8P. The molecule has 0 aliphatic heterocycles. The minimum Gasteiger partial charge on any atom is -0.462 e. The fourth-order valence-electron chi connectivity index (χ4n) is 6.46. The van der Waals surface area contributed by atoms with E-state index in [9.17, 15) is 19.0 Å². The van der Waals surface area contributed by atoms with E-state index >= 15 is 0 Å². The molecular weight excluding hydrogens is 748 g/mol. The second kappa shape index (κ2) is 44.3. The van der Waals surface area contributed by atoms with Gasteiger partial charge >= 0.3 is 19.8 Å². The Morgan fingerprint density at radius 2 is 0.879 bits per heavy atom. The van der Waals surface area contributed by atoms with Gasteiger partial charge in [0.15, 0.2) is 6.10 Å². The Labute approximate surface area is 356 Å². The first-order valence-corrected chi connectivity index (χ1v) is 25.0. The Bertz CT molecular complexity index is 1130. The maximum absolute atomic E-state index is 12.5. The zero-order chi connectivity index (χ0) is 42.5. The van der Waals surface area contributed by atoms with Crippen molar-refractivity contribution in [3.63, 3.8) is 0 Å². The number of esters is 2. The molecule has 0 bridgehead atoms. The third-order valence-corrected chi connectivity index (χ3v) is 11.0. The van der Waals surface area contributed by atoms with Gasteiger partial charge in [-0.3, -0.25) is 18.6 Å². The van der Waals surface area contributed by atoms with Gasteiger partial charge in [0.25, 0.3) is 0 Å². The van der Waals surface area contributed by atoms with Crippen LogP contribution in [0.1, 0.15) is 213 Å². The molecule has 1 N–H and O–H groups in total. The molecule has 0 spiro atoms. The highest BCUT2D eigenvalue weighted by Crippen LogP contribution is 2.42. The Hall–Kier alpha value is -2.25. The summed E-state index contributed by atoms with van der Waals surface area (Å²) in [6, 6.07) is 0. The average Bonchev–Trinajstić information content (AvgIpc) is 3.21. The van der Waals surface area contributed by atoms with Gasteiger partial charge in [0.1, 0.15) is 6.61 Å². The van der Waals surface area contributed by atoms with Crippen molar-refractivity contribution in [3.05, 3.63) is 60.8 Å². The van der Waals surface area contributed by atoms with Crippen LogP contribution in [-0.2, 0) is 32.7 Å². The van der Waals surface area contributed by atoms with Crippen LogP contribution in [0.4, 0.5) is 0 Å². The minimum atomic E-state index is -4.28. The molecule has 0 aliphatic rings. The summed E-state index contributed by atoms with van der Waals surface area (Å²) in [6.45, 7) is 3.75. The Kier molecular flexibility index (Phi) is 42.6. The van der Waals surface area contributed by atoms with E-state index in [0.29, 0.717) is 12.8 Å². The highest BCUT2D eigenvalue weighted by molar-refractivity contribution is 7.47. The summed E-state index contributed by atoms with van der Waals surface area (Å²) in [5, 5.41) is 0. The smallest absolute Gasteiger partial charge is 0.462 e. The van der Waals surface area contributed by atoms with Crippen LogP contribution in [0.15, 0.2) is 60.8 Å². The fraction of sp³-hybridized carbons (Fsp3) is 0.755. The lowest BCUT2D eigenvalue weighted by Gasteiger charge is -2.19. The summed E-state index contributed by atoms with van der Waals surface area (Å²) in [7, 11) is -3.23. The molecule has 8 nitrogen and oxygen atoms in total. The van der Waals surface area contributed by atoms with Gasteiger partial charge < -0.3 is 14.4 Å². The molecule has 0 amide bonds. The van der Waals surface area contributed by atoms with Gasteiger partial charge in [0, 0.05) is 20.0 Å². The number of phosphoric ester groups is 1. The molecule has 0 aromatic carbocycles. The van der Waals surface area contributed by atoms with Gasteiger partial charge in [0.05, 0.1) is 6.61 Å². The topological polar surface area (TPSA) is 108 Å². The monoisotopic (exact) mass is 835 g/mol. The van der Waals surface area contributed by atoms with Crippen LogP contribution >= 0.6 is 7.82 Å². The maximum Gasteiger partial charge on any atom is 0.472 e. The van der Waals surface area contributed by atoms with Gasteiger partial charge in [-0.1, -0.05) is 209 Å². The van der Waals surface area contributed by atoms with Crippen molar-refractivity contribution in [1.82, 2.24) is 0 Å². The molecule has 0 saturated heterocycles. The van der Waals surface area contributed by atoms with Gasteiger partial charge in [-0.25, -0.2) is 4.57 Å². The lowest BCUT2D eigenvalue weighted by Crippen LogP contribution is -2.29. The van der Waals surface area contributed by atoms with Gasteiger partial charge in [-0.2, -0.15) is 0 Å². The normalized spacial score (nSPS) is 13.8. The Morgan fingerprint density at radius 3 is 1.29 bits per heavy atom. The zero-order valence-corrected chi connectivity index (χ0v) is 38.3. The summed E-state index contributed by atoms with van der Waals surface area (Å²) < 4.78 is 32.0. The largest absolute Gasteiger partial charge is 0.472 e. The summed E-state index contributed by atoms with van der Waals surface area (Å²) >= 11 is 0. The predicted octanol–water partition coefficient (Wildman–Crippen LogP) is 15.1. The number of carbonyl (C=O) groups is 2. The van der Waals surface area contributed by atoms with E-state index in [1.165, 1.54) is 122 Å². The minimum absolute atomic E-state index is 0.166. The van der Waals surface area contributed by atoms with Crippen molar-refractivity contribution in [3.8, 4) is 0 Å². The molecule has 0 radical (unpaired) electrons. The van der Waals surface area contributed by atoms with Crippen molar-refractivity contribution in [2.75, 3.05) is 20.3 Å². The van der Waals surface area contributed by atoms with E-state index in [2.05, 4.69) is 73.1 Å². The maximum atomic E-state index is 12.5. The summed E-state index contributed by atoms with van der Waals surface area (Å²) in [5.74, 6) is -0.867. The lowest BCUT2D eigenvalue weighted by atomic mass is 10.0. The molecule has 336 valence electrons. The first kappa shape index (κ1) is 55.8. The van der Waals surface area contributed by atoms with Crippen LogP contribution < -0.4 is 0 Å². The number of unbranched alkanes of at least 4 members (excludes halogenated alkanes) is 22. The van der Waals surface area contributed by atoms with Crippen molar-refractivity contribution in [1.29, 1.82) is 0 Å². The quantitative estimate of drug-likeness (QED) is 0.0280. The molecule has 0 aromatic heterocycles. The molecule has 0 rings (SSSR count). The van der Waals surface area contributed by atoms with E-state index in [0.717, 1.165) is 58.5 Å². The van der Waals surface area contributed by atoms with Crippen molar-refractivity contribution in [2.24, 2.45) is 0 Å². The third kappa shape index (κ3) is 43.3. The predicted molar refractivity (Wildman–Crippen MR) is 244 cm³/mol. The van der Waals surface area contributed by atoms with Crippen LogP contribution in [0.5, 0.6) is 0 Å². The summed E-state index contributed by atoms with van der Waals surface area (Å²) in [5.41, 5.74) is 0.